The predicted octanol–water partition coefficient (Wildman–Crippen LogP) is 1.50. The normalized spacial score (nSPS) is 9.93. The van der Waals surface area contributed by atoms with Crippen molar-refractivity contribution in [3.63, 3.8) is 0 Å². The summed E-state index contributed by atoms with van der Waals surface area (Å²) in [7, 11) is 1.52. The third-order valence-corrected chi connectivity index (χ3v) is 1.86. The van der Waals surface area contributed by atoms with E-state index in [1.807, 2.05) is 0 Å². The van der Waals surface area contributed by atoms with E-state index in [0.29, 0.717) is 29.7 Å². The number of hydrogen-bond acceptors (Lipinski definition) is 4. The molecule has 0 unspecified atom stereocenters. The summed E-state index contributed by atoms with van der Waals surface area (Å²) in [6.07, 6.45) is 2.07. The first kappa shape index (κ1) is 11.1. The van der Waals surface area contributed by atoms with Gasteiger partial charge in [0.05, 0.1) is 24.9 Å². The van der Waals surface area contributed by atoms with E-state index < -0.39 is 0 Å². The lowest BCUT2D eigenvalue weighted by atomic mass is 10.4. The summed E-state index contributed by atoms with van der Waals surface area (Å²) in [4.78, 5) is 3.94. The van der Waals surface area contributed by atoms with Gasteiger partial charge in [0.2, 0.25) is 5.88 Å². The Morgan fingerprint density at radius 2 is 2.36 bits per heavy atom. The van der Waals surface area contributed by atoms with Crippen LogP contribution >= 0.6 is 11.6 Å². The molecule has 0 aliphatic heterocycles. The van der Waals surface area contributed by atoms with Crippen LogP contribution in [0.2, 0.25) is 5.02 Å². The maximum absolute atomic E-state index is 8.55. The van der Waals surface area contributed by atoms with Crippen molar-refractivity contribution < 1.29 is 14.6 Å². The Morgan fingerprint density at radius 3 is 2.93 bits per heavy atom. The van der Waals surface area contributed by atoms with Crippen LogP contribution in [-0.2, 0) is 0 Å². The summed E-state index contributed by atoms with van der Waals surface area (Å²) in [5.74, 6) is 0.949. The average molecular weight is 218 g/mol. The van der Waals surface area contributed by atoms with Gasteiger partial charge in [-0.1, -0.05) is 11.6 Å². The zero-order chi connectivity index (χ0) is 10.4. The molecule has 1 N–H and O–H groups in total. The number of aromatic nitrogens is 1. The fourth-order valence-electron chi connectivity index (χ4n) is 0.865. The molecule has 14 heavy (non-hydrogen) atoms. The fourth-order valence-corrected chi connectivity index (χ4v) is 1.06. The Morgan fingerprint density at radius 1 is 1.57 bits per heavy atom. The van der Waals surface area contributed by atoms with Crippen LogP contribution in [0.4, 0.5) is 0 Å². The van der Waals surface area contributed by atoms with Gasteiger partial charge >= 0.3 is 0 Å². The molecule has 0 amide bonds. The minimum Gasteiger partial charge on any atom is -0.490 e. The first-order chi connectivity index (χ1) is 6.77. The molecule has 0 aliphatic rings. The van der Waals surface area contributed by atoms with Gasteiger partial charge in [-0.2, -0.15) is 0 Å². The number of hydrogen-bond donors (Lipinski definition) is 1. The molecule has 1 heterocycles. The van der Waals surface area contributed by atoms with Crippen LogP contribution in [0.5, 0.6) is 11.6 Å². The van der Waals surface area contributed by atoms with E-state index in [2.05, 4.69) is 4.98 Å². The fraction of sp³-hybridized carbons (Fsp3) is 0.444. The van der Waals surface area contributed by atoms with Crippen molar-refractivity contribution in [1.29, 1.82) is 0 Å². The van der Waals surface area contributed by atoms with Gasteiger partial charge in [-0.25, -0.2) is 4.98 Å². The third kappa shape index (κ3) is 3.05. The van der Waals surface area contributed by atoms with Crippen molar-refractivity contribution in [1.82, 2.24) is 4.98 Å². The van der Waals surface area contributed by atoms with Crippen LogP contribution in [0.3, 0.4) is 0 Å². The molecule has 0 fully saturated rings. The van der Waals surface area contributed by atoms with Gasteiger partial charge in [-0.3, -0.25) is 0 Å². The van der Waals surface area contributed by atoms with E-state index in [1.54, 1.807) is 6.07 Å². The second kappa shape index (κ2) is 5.67. The molecule has 1 aromatic heterocycles. The number of aliphatic hydroxyl groups excluding tert-OH is 1. The van der Waals surface area contributed by atoms with Crippen molar-refractivity contribution in [3.05, 3.63) is 17.3 Å². The van der Waals surface area contributed by atoms with E-state index in [-0.39, 0.29) is 6.61 Å². The topological polar surface area (TPSA) is 51.6 Å². The lowest BCUT2D eigenvalue weighted by molar-refractivity contribution is 0.233. The van der Waals surface area contributed by atoms with Crippen molar-refractivity contribution in [2.75, 3.05) is 20.3 Å². The quantitative estimate of drug-likeness (QED) is 0.760. The number of rotatable bonds is 5. The highest BCUT2D eigenvalue weighted by molar-refractivity contribution is 6.32. The summed E-state index contributed by atoms with van der Waals surface area (Å²) in [5, 5.41) is 9.00. The van der Waals surface area contributed by atoms with Gasteiger partial charge < -0.3 is 14.6 Å². The number of halogens is 1. The van der Waals surface area contributed by atoms with Crippen molar-refractivity contribution >= 4 is 11.6 Å². The highest BCUT2D eigenvalue weighted by Gasteiger charge is 2.03. The van der Waals surface area contributed by atoms with Crippen molar-refractivity contribution in [2.24, 2.45) is 0 Å². The summed E-state index contributed by atoms with van der Waals surface area (Å²) in [5.41, 5.74) is 0. The molecule has 0 spiro atoms. The number of nitrogens with zero attached hydrogens (tertiary/aromatic N) is 1. The first-order valence-corrected chi connectivity index (χ1v) is 4.59. The maximum Gasteiger partial charge on any atom is 0.214 e. The molecule has 5 heteroatoms. The number of ether oxygens (including phenoxy) is 2. The average Bonchev–Trinajstić information content (AvgIpc) is 2.20. The number of methoxy groups -OCH3 is 1. The molecule has 0 atom stereocenters. The van der Waals surface area contributed by atoms with Gasteiger partial charge in [0.15, 0.2) is 5.75 Å². The van der Waals surface area contributed by atoms with E-state index >= 15 is 0 Å². The molecular weight excluding hydrogens is 206 g/mol. The molecule has 0 saturated heterocycles. The highest BCUT2D eigenvalue weighted by Crippen LogP contribution is 2.26. The SMILES string of the molecule is COc1cc(Cl)c(OCCCO)cn1. The monoisotopic (exact) mass is 217 g/mol. The van der Waals surface area contributed by atoms with Crippen LogP contribution in [0.1, 0.15) is 6.42 Å². The smallest absolute Gasteiger partial charge is 0.214 e. The Kier molecular flexibility index (Phi) is 4.49. The van der Waals surface area contributed by atoms with Gasteiger partial charge in [0.25, 0.3) is 0 Å². The lowest BCUT2D eigenvalue weighted by Gasteiger charge is -2.07. The summed E-state index contributed by atoms with van der Waals surface area (Å²) < 4.78 is 10.2. The lowest BCUT2D eigenvalue weighted by Crippen LogP contribution is -2.00. The van der Waals surface area contributed by atoms with Crippen LogP contribution in [-0.4, -0.2) is 30.4 Å². The van der Waals surface area contributed by atoms with Crippen molar-refractivity contribution in [2.45, 2.75) is 6.42 Å². The molecule has 1 aromatic rings. The first-order valence-electron chi connectivity index (χ1n) is 4.21. The van der Waals surface area contributed by atoms with Crippen LogP contribution in [0.15, 0.2) is 12.3 Å². The molecule has 0 bridgehead atoms. The number of pyridine rings is 1. The highest BCUT2D eigenvalue weighted by atomic mass is 35.5. The molecule has 0 aromatic carbocycles. The Labute approximate surface area is 87.4 Å². The predicted molar refractivity (Wildman–Crippen MR) is 53.0 cm³/mol. The van der Waals surface area contributed by atoms with Crippen LogP contribution in [0, 0.1) is 0 Å². The number of aliphatic hydroxyl groups is 1. The molecule has 0 saturated carbocycles. The van der Waals surface area contributed by atoms with E-state index in [9.17, 15) is 0 Å². The van der Waals surface area contributed by atoms with Crippen LogP contribution < -0.4 is 9.47 Å². The maximum atomic E-state index is 8.55. The zero-order valence-corrected chi connectivity index (χ0v) is 8.62. The van der Waals surface area contributed by atoms with Crippen LogP contribution in [0.25, 0.3) is 0 Å². The second-order valence-electron chi connectivity index (χ2n) is 2.58. The minimum atomic E-state index is 0.0984. The minimum absolute atomic E-state index is 0.0984. The Bertz CT molecular complexity index is 293. The van der Waals surface area contributed by atoms with Gasteiger partial charge in [-0.15, -0.1) is 0 Å². The molecule has 78 valence electrons. The summed E-state index contributed by atoms with van der Waals surface area (Å²) >= 11 is 5.88. The molecule has 1 rings (SSSR count). The van der Waals surface area contributed by atoms with Gasteiger partial charge in [0.1, 0.15) is 0 Å². The Balaban J connectivity index is 2.59. The van der Waals surface area contributed by atoms with E-state index in [0.717, 1.165) is 0 Å². The molecule has 0 radical (unpaired) electrons. The van der Waals surface area contributed by atoms with E-state index in [1.165, 1.54) is 13.3 Å². The summed E-state index contributed by atoms with van der Waals surface area (Å²) in [6, 6.07) is 1.58. The summed E-state index contributed by atoms with van der Waals surface area (Å²) in [6.45, 7) is 0.519. The van der Waals surface area contributed by atoms with Crippen molar-refractivity contribution in [3.8, 4) is 11.6 Å². The standard InChI is InChI=1S/C9H12ClNO3/c1-13-9-5-7(10)8(6-11-9)14-4-2-3-12/h5-6,12H,2-4H2,1H3. The largest absolute Gasteiger partial charge is 0.490 e. The molecule has 0 aliphatic carbocycles. The second-order valence-corrected chi connectivity index (χ2v) is 2.99. The van der Waals surface area contributed by atoms with Gasteiger partial charge in [0, 0.05) is 19.1 Å². The third-order valence-electron chi connectivity index (χ3n) is 1.56. The zero-order valence-electron chi connectivity index (χ0n) is 7.86. The molecular formula is C9H12ClNO3. The Hall–Kier alpha value is -1.00. The van der Waals surface area contributed by atoms with Gasteiger partial charge in [-0.05, 0) is 0 Å². The molecule has 4 nitrogen and oxygen atoms in total. The van der Waals surface area contributed by atoms with E-state index in [4.69, 9.17) is 26.2 Å².